The second kappa shape index (κ2) is 4.80. The number of aromatic nitrogens is 2. The van der Waals surface area contributed by atoms with Crippen molar-refractivity contribution in [2.75, 3.05) is 11.1 Å². The van der Waals surface area contributed by atoms with Crippen molar-refractivity contribution in [1.82, 2.24) is 10.2 Å². The van der Waals surface area contributed by atoms with Gasteiger partial charge in [-0.1, -0.05) is 11.6 Å². The standard InChI is InChI=1S/C11H9ClN4O/c12-8-4-7(5-9(13)6-8)11(17)15-10-2-1-3-14-16-10/h1-6H,13H2,(H,15,16,17). The lowest BCUT2D eigenvalue weighted by Crippen LogP contribution is -2.13. The Labute approximate surface area is 103 Å². The zero-order valence-electron chi connectivity index (χ0n) is 8.72. The van der Waals surface area contributed by atoms with Crippen LogP contribution in [0.2, 0.25) is 5.02 Å². The fraction of sp³-hybridized carbons (Fsp3) is 0. The van der Waals surface area contributed by atoms with Crippen LogP contribution in [-0.4, -0.2) is 16.1 Å². The lowest BCUT2D eigenvalue weighted by molar-refractivity contribution is 0.102. The molecule has 0 bridgehead atoms. The molecule has 0 unspecified atom stereocenters. The molecule has 0 aliphatic heterocycles. The van der Waals surface area contributed by atoms with Crippen LogP contribution in [0.15, 0.2) is 36.5 Å². The molecule has 0 saturated carbocycles. The second-order valence-corrected chi connectivity index (χ2v) is 3.77. The van der Waals surface area contributed by atoms with Crippen molar-refractivity contribution in [2.45, 2.75) is 0 Å². The quantitative estimate of drug-likeness (QED) is 0.796. The highest BCUT2D eigenvalue weighted by molar-refractivity contribution is 6.31. The number of nitrogen functional groups attached to an aromatic ring is 1. The van der Waals surface area contributed by atoms with Gasteiger partial charge in [-0.25, -0.2) is 0 Å². The smallest absolute Gasteiger partial charge is 0.256 e. The van der Waals surface area contributed by atoms with Gasteiger partial charge in [-0.3, -0.25) is 4.79 Å². The van der Waals surface area contributed by atoms with Crippen LogP contribution in [0, 0.1) is 0 Å². The summed E-state index contributed by atoms with van der Waals surface area (Å²) < 4.78 is 0. The number of hydrogen-bond acceptors (Lipinski definition) is 4. The zero-order chi connectivity index (χ0) is 12.3. The van der Waals surface area contributed by atoms with Gasteiger partial charge >= 0.3 is 0 Å². The normalized spacial score (nSPS) is 9.94. The topological polar surface area (TPSA) is 80.9 Å². The molecule has 17 heavy (non-hydrogen) atoms. The van der Waals surface area contributed by atoms with E-state index in [-0.39, 0.29) is 5.91 Å². The molecule has 1 aromatic heterocycles. The van der Waals surface area contributed by atoms with Crippen molar-refractivity contribution in [3.8, 4) is 0 Å². The Kier molecular flexibility index (Phi) is 3.20. The van der Waals surface area contributed by atoms with Gasteiger partial charge in [-0.15, -0.1) is 5.10 Å². The minimum absolute atomic E-state index is 0.334. The maximum absolute atomic E-state index is 11.8. The molecule has 3 N–H and O–H groups in total. The van der Waals surface area contributed by atoms with Gasteiger partial charge in [0.2, 0.25) is 0 Å². The van der Waals surface area contributed by atoms with Crippen LogP contribution in [0.3, 0.4) is 0 Å². The number of carbonyl (C=O) groups is 1. The summed E-state index contributed by atoms with van der Waals surface area (Å²) in [7, 11) is 0. The summed E-state index contributed by atoms with van der Waals surface area (Å²) in [5, 5.41) is 10.4. The largest absolute Gasteiger partial charge is 0.399 e. The summed E-state index contributed by atoms with van der Waals surface area (Å²) in [5.74, 6) is 0.0377. The van der Waals surface area contributed by atoms with Crippen molar-refractivity contribution in [3.63, 3.8) is 0 Å². The van der Waals surface area contributed by atoms with Gasteiger partial charge < -0.3 is 11.1 Å². The molecular weight excluding hydrogens is 240 g/mol. The summed E-state index contributed by atoms with van der Waals surface area (Å²) in [6.07, 6.45) is 1.52. The summed E-state index contributed by atoms with van der Waals surface area (Å²) in [6, 6.07) is 7.95. The molecule has 5 nitrogen and oxygen atoms in total. The van der Waals surface area contributed by atoms with E-state index in [0.29, 0.717) is 22.1 Å². The molecular formula is C11H9ClN4O. The molecule has 0 aliphatic carbocycles. The average molecular weight is 249 g/mol. The molecule has 1 aromatic carbocycles. The second-order valence-electron chi connectivity index (χ2n) is 3.34. The first-order valence-electron chi connectivity index (χ1n) is 4.80. The van der Waals surface area contributed by atoms with Crippen LogP contribution < -0.4 is 11.1 Å². The molecule has 0 fully saturated rings. The van der Waals surface area contributed by atoms with Crippen molar-refractivity contribution in [1.29, 1.82) is 0 Å². The van der Waals surface area contributed by atoms with Crippen molar-refractivity contribution >= 4 is 29.0 Å². The van der Waals surface area contributed by atoms with E-state index in [4.69, 9.17) is 17.3 Å². The van der Waals surface area contributed by atoms with Gasteiger partial charge in [0.1, 0.15) is 0 Å². The van der Waals surface area contributed by atoms with Gasteiger partial charge in [0.05, 0.1) is 0 Å². The van der Waals surface area contributed by atoms with Gasteiger partial charge in [-0.2, -0.15) is 5.10 Å². The molecule has 86 valence electrons. The van der Waals surface area contributed by atoms with Gasteiger partial charge in [0.25, 0.3) is 5.91 Å². The van der Waals surface area contributed by atoms with Crippen molar-refractivity contribution in [2.24, 2.45) is 0 Å². The first-order valence-corrected chi connectivity index (χ1v) is 5.18. The fourth-order valence-corrected chi connectivity index (χ4v) is 1.54. The number of hydrogen-bond donors (Lipinski definition) is 2. The van der Waals surface area contributed by atoms with Crippen LogP contribution >= 0.6 is 11.6 Å². The third kappa shape index (κ3) is 2.92. The number of rotatable bonds is 2. The SMILES string of the molecule is Nc1cc(Cl)cc(C(=O)Nc2cccnn2)c1. The van der Waals surface area contributed by atoms with E-state index in [1.54, 1.807) is 18.2 Å². The van der Waals surface area contributed by atoms with Crippen LogP contribution in [-0.2, 0) is 0 Å². The third-order valence-corrected chi connectivity index (χ3v) is 2.21. The highest BCUT2D eigenvalue weighted by Crippen LogP contribution is 2.17. The Morgan fingerprint density at radius 2 is 2.18 bits per heavy atom. The number of benzene rings is 1. The molecule has 0 aliphatic rings. The Morgan fingerprint density at radius 3 is 2.82 bits per heavy atom. The molecule has 2 aromatic rings. The molecule has 1 amide bonds. The predicted octanol–water partition coefficient (Wildman–Crippen LogP) is 1.96. The number of nitrogens with two attached hydrogens (primary N) is 1. The van der Waals surface area contributed by atoms with Crippen LogP contribution in [0.1, 0.15) is 10.4 Å². The molecule has 2 rings (SSSR count). The van der Waals surface area contributed by atoms with Gasteiger partial charge in [0.15, 0.2) is 5.82 Å². The number of nitrogens with one attached hydrogen (secondary N) is 1. The number of anilines is 2. The fourth-order valence-electron chi connectivity index (χ4n) is 1.30. The predicted molar refractivity (Wildman–Crippen MR) is 65.8 cm³/mol. The van der Waals surface area contributed by atoms with E-state index in [9.17, 15) is 4.79 Å². The van der Waals surface area contributed by atoms with Crippen LogP contribution in [0.25, 0.3) is 0 Å². The molecule has 0 radical (unpaired) electrons. The maximum atomic E-state index is 11.8. The first kappa shape index (κ1) is 11.3. The molecule has 0 atom stereocenters. The Morgan fingerprint density at radius 1 is 1.35 bits per heavy atom. The Balaban J connectivity index is 2.20. The third-order valence-electron chi connectivity index (χ3n) is 2.00. The van der Waals surface area contributed by atoms with Crippen molar-refractivity contribution in [3.05, 3.63) is 47.1 Å². The summed E-state index contributed by atoms with van der Waals surface area (Å²) in [5.41, 5.74) is 6.41. The summed E-state index contributed by atoms with van der Waals surface area (Å²) >= 11 is 5.81. The molecule has 1 heterocycles. The lowest BCUT2D eigenvalue weighted by Gasteiger charge is -2.04. The number of amides is 1. The Bertz CT molecular complexity index is 524. The number of nitrogens with zero attached hydrogens (tertiary/aromatic N) is 2. The monoisotopic (exact) mass is 248 g/mol. The summed E-state index contributed by atoms with van der Waals surface area (Å²) in [4.78, 5) is 11.8. The van der Waals surface area contributed by atoms with Gasteiger partial charge in [-0.05, 0) is 30.3 Å². The first-order chi connectivity index (χ1) is 8.15. The van der Waals surface area contributed by atoms with E-state index in [2.05, 4.69) is 15.5 Å². The lowest BCUT2D eigenvalue weighted by atomic mass is 10.2. The van der Waals surface area contributed by atoms with E-state index >= 15 is 0 Å². The number of carbonyl (C=O) groups excluding carboxylic acids is 1. The van der Waals surface area contributed by atoms with E-state index in [1.807, 2.05) is 0 Å². The van der Waals surface area contributed by atoms with E-state index < -0.39 is 0 Å². The highest BCUT2D eigenvalue weighted by atomic mass is 35.5. The highest BCUT2D eigenvalue weighted by Gasteiger charge is 2.08. The molecule has 6 heteroatoms. The Hall–Kier alpha value is -2.14. The van der Waals surface area contributed by atoms with E-state index in [1.165, 1.54) is 18.3 Å². The van der Waals surface area contributed by atoms with Crippen LogP contribution in [0.4, 0.5) is 11.5 Å². The van der Waals surface area contributed by atoms with Crippen LogP contribution in [0.5, 0.6) is 0 Å². The maximum Gasteiger partial charge on any atom is 0.256 e. The zero-order valence-corrected chi connectivity index (χ0v) is 9.48. The minimum Gasteiger partial charge on any atom is -0.399 e. The average Bonchev–Trinajstić information content (AvgIpc) is 2.29. The van der Waals surface area contributed by atoms with Crippen molar-refractivity contribution < 1.29 is 4.79 Å². The molecule has 0 spiro atoms. The van der Waals surface area contributed by atoms with Gasteiger partial charge in [0, 0.05) is 22.5 Å². The summed E-state index contributed by atoms with van der Waals surface area (Å²) in [6.45, 7) is 0. The molecule has 0 saturated heterocycles. The number of halogens is 1. The van der Waals surface area contributed by atoms with E-state index in [0.717, 1.165) is 0 Å². The minimum atomic E-state index is -0.334.